The van der Waals surface area contributed by atoms with Crippen molar-refractivity contribution < 1.29 is 4.79 Å². The van der Waals surface area contributed by atoms with Crippen molar-refractivity contribution in [3.63, 3.8) is 0 Å². The number of aromatic nitrogens is 1. The normalized spacial score (nSPS) is 9.81. The topological polar surface area (TPSA) is 68.0 Å². The SMILES string of the molecule is Cc1cc(C(=O)NCCc2nccs2)ccc1C#CCN. The summed E-state index contributed by atoms with van der Waals surface area (Å²) in [6, 6.07) is 5.49. The standard InChI is InChI=1S/C16H17N3OS/c1-12-11-14(5-4-13(12)3-2-7-17)16(20)19-8-6-15-18-9-10-21-15/h4-5,9-11H,6-8,17H2,1H3,(H,19,20). The van der Waals surface area contributed by atoms with E-state index in [1.807, 2.05) is 24.4 Å². The van der Waals surface area contributed by atoms with Crippen molar-refractivity contribution in [1.82, 2.24) is 10.3 Å². The van der Waals surface area contributed by atoms with Crippen LogP contribution in [0.3, 0.4) is 0 Å². The molecule has 2 aromatic rings. The molecule has 0 radical (unpaired) electrons. The van der Waals surface area contributed by atoms with Crippen LogP contribution in [0.15, 0.2) is 29.8 Å². The maximum atomic E-state index is 12.1. The number of hydrogen-bond acceptors (Lipinski definition) is 4. The number of thiazole rings is 1. The van der Waals surface area contributed by atoms with Gasteiger partial charge in [0.25, 0.3) is 5.91 Å². The van der Waals surface area contributed by atoms with Gasteiger partial charge in [0.2, 0.25) is 0 Å². The van der Waals surface area contributed by atoms with E-state index in [9.17, 15) is 4.79 Å². The van der Waals surface area contributed by atoms with Crippen LogP contribution in [0.25, 0.3) is 0 Å². The third-order valence-electron chi connectivity index (χ3n) is 2.92. The quantitative estimate of drug-likeness (QED) is 0.845. The highest BCUT2D eigenvalue weighted by atomic mass is 32.1. The fourth-order valence-electron chi connectivity index (χ4n) is 1.85. The number of nitrogens with one attached hydrogen (secondary N) is 1. The number of rotatable bonds is 4. The molecule has 0 aliphatic heterocycles. The molecule has 0 bridgehead atoms. The molecule has 1 aromatic carbocycles. The van der Waals surface area contributed by atoms with Crippen LogP contribution in [0.2, 0.25) is 0 Å². The molecule has 0 aliphatic rings. The fourth-order valence-corrected chi connectivity index (χ4v) is 2.47. The molecule has 1 aromatic heterocycles. The average Bonchev–Trinajstić information content (AvgIpc) is 2.99. The third kappa shape index (κ3) is 4.42. The zero-order valence-electron chi connectivity index (χ0n) is 11.8. The van der Waals surface area contributed by atoms with E-state index in [2.05, 4.69) is 22.1 Å². The van der Waals surface area contributed by atoms with E-state index in [0.717, 1.165) is 22.6 Å². The Bertz CT molecular complexity index is 669. The van der Waals surface area contributed by atoms with Crippen molar-refractivity contribution in [3.8, 4) is 11.8 Å². The lowest BCUT2D eigenvalue weighted by atomic mass is 10.0. The lowest BCUT2D eigenvalue weighted by molar-refractivity contribution is 0.0954. The minimum absolute atomic E-state index is 0.0759. The van der Waals surface area contributed by atoms with Crippen LogP contribution in [-0.4, -0.2) is 24.0 Å². The number of nitrogens with zero attached hydrogens (tertiary/aromatic N) is 1. The van der Waals surface area contributed by atoms with Gasteiger partial charge in [0.05, 0.1) is 11.6 Å². The minimum Gasteiger partial charge on any atom is -0.352 e. The summed E-state index contributed by atoms with van der Waals surface area (Å²) in [6.07, 6.45) is 2.52. The van der Waals surface area contributed by atoms with Crippen molar-refractivity contribution in [2.75, 3.05) is 13.1 Å². The summed E-state index contributed by atoms with van der Waals surface area (Å²) in [5.74, 6) is 5.73. The molecule has 2 rings (SSSR count). The summed E-state index contributed by atoms with van der Waals surface area (Å²) in [7, 11) is 0. The first-order valence-electron chi connectivity index (χ1n) is 6.67. The Morgan fingerprint density at radius 1 is 1.48 bits per heavy atom. The van der Waals surface area contributed by atoms with Crippen LogP contribution in [0.4, 0.5) is 0 Å². The molecule has 0 fully saturated rings. The predicted molar refractivity (Wildman–Crippen MR) is 85.3 cm³/mol. The number of benzene rings is 1. The molecule has 0 unspecified atom stereocenters. The first-order valence-corrected chi connectivity index (χ1v) is 7.55. The smallest absolute Gasteiger partial charge is 0.251 e. The third-order valence-corrected chi connectivity index (χ3v) is 3.76. The minimum atomic E-state index is -0.0759. The fraction of sp³-hybridized carbons (Fsp3) is 0.250. The summed E-state index contributed by atoms with van der Waals surface area (Å²) < 4.78 is 0. The summed E-state index contributed by atoms with van der Waals surface area (Å²) >= 11 is 1.59. The van der Waals surface area contributed by atoms with Gasteiger partial charge in [-0.15, -0.1) is 11.3 Å². The monoisotopic (exact) mass is 299 g/mol. The summed E-state index contributed by atoms with van der Waals surface area (Å²) in [6.45, 7) is 2.85. The van der Waals surface area contributed by atoms with Crippen LogP contribution < -0.4 is 11.1 Å². The highest BCUT2D eigenvalue weighted by molar-refractivity contribution is 7.09. The number of carbonyl (C=O) groups is 1. The zero-order valence-corrected chi connectivity index (χ0v) is 12.7. The molecular formula is C16H17N3OS. The Morgan fingerprint density at radius 2 is 2.33 bits per heavy atom. The number of aryl methyl sites for hydroxylation is 1. The number of amides is 1. The Hall–Kier alpha value is -2.16. The van der Waals surface area contributed by atoms with Crippen molar-refractivity contribution >= 4 is 17.2 Å². The van der Waals surface area contributed by atoms with E-state index in [1.54, 1.807) is 23.6 Å². The predicted octanol–water partition coefficient (Wildman–Crippen LogP) is 1.73. The Morgan fingerprint density at radius 3 is 3.00 bits per heavy atom. The Kier molecular flexibility index (Phi) is 5.50. The van der Waals surface area contributed by atoms with Gasteiger partial charge in [0.1, 0.15) is 0 Å². The molecule has 5 heteroatoms. The van der Waals surface area contributed by atoms with Gasteiger partial charge in [-0.1, -0.05) is 11.8 Å². The second-order valence-corrected chi connectivity index (χ2v) is 5.45. The summed E-state index contributed by atoms with van der Waals surface area (Å²) in [5.41, 5.74) is 7.88. The van der Waals surface area contributed by atoms with Crippen molar-refractivity contribution in [3.05, 3.63) is 51.5 Å². The van der Waals surface area contributed by atoms with Crippen molar-refractivity contribution in [1.29, 1.82) is 0 Å². The first kappa shape index (κ1) is 15.2. The lowest BCUT2D eigenvalue weighted by Crippen LogP contribution is -2.25. The molecule has 0 saturated heterocycles. The molecule has 0 atom stereocenters. The second kappa shape index (κ2) is 7.58. The van der Waals surface area contributed by atoms with E-state index in [-0.39, 0.29) is 5.91 Å². The second-order valence-electron chi connectivity index (χ2n) is 4.47. The first-order chi connectivity index (χ1) is 10.2. The van der Waals surface area contributed by atoms with Crippen molar-refractivity contribution in [2.45, 2.75) is 13.3 Å². The molecule has 1 amide bonds. The molecule has 21 heavy (non-hydrogen) atoms. The molecule has 0 spiro atoms. The van der Waals surface area contributed by atoms with E-state index in [1.165, 1.54) is 0 Å². The molecule has 0 saturated carbocycles. The van der Waals surface area contributed by atoms with E-state index in [0.29, 0.717) is 18.7 Å². The maximum Gasteiger partial charge on any atom is 0.251 e. The van der Waals surface area contributed by atoms with Gasteiger partial charge in [-0.05, 0) is 30.7 Å². The van der Waals surface area contributed by atoms with Gasteiger partial charge >= 0.3 is 0 Å². The largest absolute Gasteiger partial charge is 0.352 e. The van der Waals surface area contributed by atoms with Gasteiger partial charge in [0.15, 0.2) is 0 Å². The highest BCUT2D eigenvalue weighted by Crippen LogP contribution is 2.10. The number of hydrogen-bond donors (Lipinski definition) is 2. The van der Waals surface area contributed by atoms with Crippen LogP contribution in [0.1, 0.15) is 26.5 Å². The molecule has 3 N–H and O–H groups in total. The number of carbonyl (C=O) groups excluding carboxylic acids is 1. The van der Waals surface area contributed by atoms with Crippen LogP contribution in [0.5, 0.6) is 0 Å². The molecule has 0 aliphatic carbocycles. The zero-order chi connectivity index (χ0) is 15.1. The Balaban J connectivity index is 1.94. The maximum absolute atomic E-state index is 12.1. The number of nitrogens with two attached hydrogens (primary N) is 1. The van der Waals surface area contributed by atoms with Crippen LogP contribution >= 0.6 is 11.3 Å². The van der Waals surface area contributed by atoms with E-state index < -0.39 is 0 Å². The van der Waals surface area contributed by atoms with Gasteiger partial charge < -0.3 is 11.1 Å². The van der Waals surface area contributed by atoms with Gasteiger partial charge in [-0.3, -0.25) is 4.79 Å². The molecule has 108 valence electrons. The van der Waals surface area contributed by atoms with Gasteiger partial charge in [0, 0.05) is 35.7 Å². The van der Waals surface area contributed by atoms with Crippen LogP contribution in [0, 0.1) is 18.8 Å². The van der Waals surface area contributed by atoms with Crippen LogP contribution in [-0.2, 0) is 6.42 Å². The van der Waals surface area contributed by atoms with E-state index in [4.69, 9.17) is 5.73 Å². The Labute approximate surface area is 128 Å². The van der Waals surface area contributed by atoms with Gasteiger partial charge in [-0.25, -0.2) is 4.98 Å². The molecule has 1 heterocycles. The molecular weight excluding hydrogens is 282 g/mol. The van der Waals surface area contributed by atoms with Gasteiger partial charge in [-0.2, -0.15) is 0 Å². The average molecular weight is 299 g/mol. The summed E-state index contributed by atoms with van der Waals surface area (Å²) in [4.78, 5) is 16.2. The highest BCUT2D eigenvalue weighted by Gasteiger charge is 2.07. The summed E-state index contributed by atoms with van der Waals surface area (Å²) in [5, 5.41) is 5.86. The van der Waals surface area contributed by atoms with Crippen molar-refractivity contribution in [2.24, 2.45) is 5.73 Å². The van der Waals surface area contributed by atoms with E-state index >= 15 is 0 Å². The molecule has 4 nitrogen and oxygen atoms in total. The lowest BCUT2D eigenvalue weighted by Gasteiger charge is -2.06.